The summed E-state index contributed by atoms with van der Waals surface area (Å²) in [4.78, 5) is 0. The predicted molar refractivity (Wildman–Crippen MR) is 61.0 cm³/mol. The molecule has 0 aliphatic heterocycles. The summed E-state index contributed by atoms with van der Waals surface area (Å²) >= 11 is 0. The van der Waals surface area contributed by atoms with Crippen LogP contribution in [0.4, 0.5) is 0 Å². The minimum atomic E-state index is 1.09. The van der Waals surface area contributed by atoms with E-state index in [0.29, 0.717) is 0 Å². The van der Waals surface area contributed by atoms with Crippen LogP contribution in [0.25, 0.3) is 0 Å². The molecule has 0 aromatic heterocycles. The molecule has 0 atom stereocenters. The van der Waals surface area contributed by atoms with E-state index in [-0.39, 0.29) is 0 Å². The maximum atomic E-state index is 3.57. The average Bonchev–Trinajstić information content (AvgIpc) is 2.86. The SMILES string of the molecule is CCC(=C=C1CC=CC1)C1=CC=CC1. The van der Waals surface area contributed by atoms with Gasteiger partial charge in [-0.1, -0.05) is 37.3 Å². The van der Waals surface area contributed by atoms with E-state index in [2.05, 4.69) is 43.0 Å². The monoisotopic (exact) mass is 184 g/mol. The van der Waals surface area contributed by atoms with E-state index >= 15 is 0 Å². The summed E-state index contributed by atoms with van der Waals surface area (Å²) in [7, 11) is 0. The molecule has 0 bridgehead atoms. The second-order valence-corrected chi connectivity index (χ2v) is 3.76. The van der Waals surface area contributed by atoms with Crippen molar-refractivity contribution in [3.63, 3.8) is 0 Å². The van der Waals surface area contributed by atoms with E-state index in [1.807, 2.05) is 0 Å². The third-order valence-corrected chi connectivity index (χ3v) is 2.74. The van der Waals surface area contributed by atoms with Gasteiger partial charge in [-0.05, 0) is 42.4 Å². The standard InChI is InChI=1S/C14H16/c1-2-13(14-9-5-6-10-14)11-12-7-3-4-8-12/h3-6,9H,2,7-8,10H2,1H3. The molecule has 0 heterocycles. The van der Waals surface area contributed by atoms with Crippen molar-refractivity contribution in [2.75, 3.05) is 0 Å². The molecule has 0 spiro atoms. The van der Waals surface area contributed by atoms with E-state index < -0.39 is 0 Å². The van der Waals surface area contributed by atoms with Crippen molar-refractivity contribution in [2.24, 2.45) is 0 Å². The van der Waals surface area contributed by atoms with Crippen molar-refractivity contribution in [2.45, 2.75) is 32.6 Å². The van der Waals surface area contributed by atoms with Crippen LogP contribution >= 0.6 is 0 Å². The summed E-state index contributed by atoms with van der Waals surface area (Å²) in [6.45, 7) is 2.21. The Morgan fingerprint density at radius 1 is 1.21 bits per heavy atom. The first kappa shape index (κ1) is 9.30. The molecule has 0 heteroatoms. The molecule has 0 unspecified atom stereocenters. The topological polar surface area (TPSA) is 0 Å². The van der Waals surface area contributed by atoms with E-state index in [1.165, 1.54) is 16.7 Å². The predicted octanol–water partition coefficient (Wildman–Crippen LogP) is 4.08. The Labute approximate surface area is 86.0 Å². The zero-order chi connectivity index (χ0) is 9.80. The van der Waals surface area contributed by atoms with Gasteiger partial charge >= 0.3 is 0 Å². The average molecular weight is 184 g/mol. The summed E-state index contributed by atoms with van der Waals surface area (Å²) in [5.41, 5.74) is 7.86. The molecule has 0 fully saturated rings. The fourth-order valence-electron chi connectivity index (χ4n) is 1.92. The third kappa shape index (κ3) is 1.97. The smallest absolute Gasteiger partial charge is 0.00282 e. The molecule has 0 nitrogen and oxygen atoms in total. The lowest BCUT2D eigenvalue weighted by molar-refractivity contribution is 1.07. The zero-order valence-corrected chi connectivity index (χ0v) is 8.72. The fraction of sp³-hybridized carbons (Fsp3) is 0.357. The molecule has 0 aromatic carbocycles. The maximum Gasteiger partial charge on any atom is -0.00282 e. The highest BCUT2D eigenvalue weighted by Gasteiger charge is 2.05. The van der Waals surface area contributed by atoms with E-state index in [1.54, 1.807) is 0 Å². The van der Waals surface area contributed by atoms with E-state index in [4.69, 9.17) is 0 Å². The van der Waals surface area contributed by atoms with Gasteiger partial charge in [0, 0.05) is 0 Å². The number of rotatable bonds is 2. The Kier molecular flexibility index (Phi) is 2.86. The van der Waals surface area contributed by atoms with Crippen molar-refractivity contribution >= 4 is 0 Å². The molecule has 0 saturated carbocycles. The first-order valence-corrected chi connectivity index (χ1v) is 5.38. The summed E-state index contributed by atoms with van der Waals surface area (Å²) in [5, 5.41) is 0. The van der Waals surface area contributed by atoms with Crippen LogP contribution in [0.2, 0.25) is 0 Å². The molecule has 2 rings (SSSR count). The Bertz CT molecular complexity index is 359. The van der Waals surface area contributed by atoms with Crippen LogP contribution in [0, 0.1) is 0 Å². The Morgan fingerprint density at radius 2 is 2.00 bits per heavy atom. The van der Waals surface area contributed by atoms with Crippen molar-refractivity contribution in [1.29, 1.82) is 0 Å². The molecule has 0 amide bonds. The summed E-state index contributed by atoms with van der Waals surface area (Å²) in [6.07, 6.45) is 15.4. The normalized spacial score (nSPS) is 18.6. The van der Waals surface area contributed by atoms with Crippen LogP contribution in [0.5, 0.6) is 0 Å². The van der Waals surface area contributed by atoms with E-state index in [0.717, 1.165) is 25.7 Å². The lowest BCUT2D eigenvalue weighted by Crippen LogP contribution is -1.84. The van der Waals surface area contributed by atoms with Crippen LogP contribution in [0.15, 0.2) is 52.8 Å². The Hall–Kier alpha value is -1.26. The van der Waals surface area contributed by atoms with Crippen molar-refractivity contribution < 1.29 is 0 Å². The Morgan fingerprint density at radius 3 is 2.57 bits per heavy atom. The lowest BCUT2D eigenvalue weighted by Gasteiger charge is -2.02. The molecule has 0 N–H and O–H groups in total. The second-order valence-electron chi connectivity index (χ2n) is 3.76. The second kappa shape index (κ2) is 4.30. The van der Waals surface area contributed by atoms with E-state index in [9.17, 15) is 0 Å². The van der Waals surface area contributed by atoms with Crippen LogP contribution in [-0.4, -0.2) is 0 Å². The van der Waals surface area contributed by atoms with Crippen LogP contribution in [-0.2, 0) is 0 Å². The van der Waals surface area contributed by atoms with Crippen LogP contribution < -0.4 is 0 Å². The first-order chi connectivity index (χ1) is 6.90. The fourth-order valence-corrected chi connectivity index (χ4v) is 1.92. The van der Waals surface area contributed by atoms with Gasteiger partial charge in [-0.15, -0.1) is 5.73 Å². The van der Waals surface area contributed by atoms with Gasteiger partial charge in [-0.2, -0.15) is 0 Å². The first-order valence-electron chi connectivity index (χ1n) is 5.38. The maximum absolute atomic E-state index is 3.57. The van der Waals surface area contributed by atoms with Crippen molar-refractivity contribution in [1.82, 2.24) is 0 Å². The zero-order valence-electron chi connectivity index (χ0n) is 8.72. The minimum absolute atomic E-state index is 1.09. The van der Waals surface area contributed by atoms with Gasteiger partial charge in [-0.25, -0.2) is 0 Å². The number of allylic oxidation sites excluding steroid dienone is 7. The Balaban J connectivity index is 2.24. The molecule has 2 aliphatic carbocycles. The number of hydrogen-bond acceptors (Lipinski definition) is 0. The van der Waals surface area contributed by atoms with Gasteiger partial charge in [0.15, 0.2) is 0 Å². The van der Waals surface area contributed by atoms with Gasteiger partial charge < -0.3 is 0 Å². The van der Waals surface area contributed by atoms with Gasteiger partial charge in [0.1, 0.15) is 0 Å². The molecule has 72 valence electrons. The highest BCUT2D eigenvalue weighted by Crippen LogP contribution is 2.24. The molecular formula is C14H16. The van der Waals surface area contributed by atoms with Crippen molar-refractivity contribution in [3.05, 3.63) is 52.8 Å². The quantitative estimate of drug-likeness (QED) is 0.448. The highest BCUT2D eigenvalue weighted by molar-refractivity contribution is 5.40. The van der Waals surface area contributed by atoms with Crippen LogP contribution in [0.1, 0.15) is 32.6 Å². The molecule has 0 saturated heterocycles. The molecule has 14 heavy (non-hydrogen) atoms. The summed E-state index contributed by atoms with van der Waals surface area (Å²) in [5.74, 6) is 0. The molecule has 0 aromatic rings. The largest absolute Gasteiger partial charge is 0.117 e. The van der Waals surface area contributed by atoms with Crippen molar-refractivity contribution in [3.8, 4) is 0 Å². The summed E-state index contributed by atoms with van der Waals surface area (Å²) in [6, 6.07) is 0. The lowest BCUT2D eigenvalue weighted by atomic mass is 10.0. The van der Waals surface area contributed by atoms with Gasteiger partial charge in [0.05, 0.1) is 0 Å². The van der Waals surface area contributed by atoms with Gasteiger partial charge in [0.2, 0.25) is 0 Å². The minimum Gasteiger partial charge on any atom is -0.117 e. The molecular weight excluding hydrogens is 168 g/mol. The third-order valence-electron chi connectivity index (χ3n) is 2.74. The number of hydrogen-bond donors (Lipinski definition) is 0. The van der Waals surface area contributed by atoms with Crippen LogP contribution in [0.3, 0.4) is 0 Å². The molecule has 2 aliphatic rings. The summed E-state index contributed by atoms with van der Waals surface area (Å²) < 4.78 is 0. The van der Waals surface area contributed by atoms with Gasteiger partial charge in [-0.3, -0.25) is 0 Å². The molecule has 0 radical (unpaired) electrons. The highest BCUT2D eigenvalue weighted by atomic mass is 14.1. The van der Waals surface area contributed by atoms with Gasteiger partial charge in [0.25, 0.3) is 0 Å².